The van der Waals surface area contributed by atoms with Crippen LogP contribution in [0.4, 0.5) is 5.13 Å². The average Bonchev–Trinajstić information content (AvgIpc) is 3.08. The molecule has 25 heavy (non-hydrogen) atoms. The normalized spacial score (nSPS) is 11.0. The molecule has 0 fully saturated rings. The Balaban J connectivity index is 1.81. The van der Waals surface area contributed by atoms with Crippen LogP contribution in [0.3, 0.4) is 0 Å². The fourth-order valence-corrected chi connectivity index (χ4v) is 2.83. The van der Waals surface area contributed by atoms with Crippen LogP contribution in [0.2, 0.25) is 0 Å². The summed E-state index contributed by atoms with van der Waals surface area (Å²) < 4.78 is 0. The van der Waals surface area contributed by atoms with Crippen molar-refractivity contribution in [2.75, 3.05) is 19.0 Å². The van der Waals surface area contributed by atoms with Gasteiger partial charge in [0.25, 0.3) is 5.91 Å². The topological polar surface area (TPSA) is 92.7 Å². The number of carbonyl (C=O) groups is 2. The molecule has 0 aliphatic carbocycles. The molecule has 7 nitrogen and oxygen atoms in total. The molecule has 2 aromatic rings. The van der Waals surface area contributed by atoms with Gasteiger partial charge in [0.1, 0.15) is 12.8 Å². The zero-order valence-electron chi connectivity index (χ0n) is 13.9. The molecule has 0 aliphatic rings. The summed E-state index contributed by atoms with van der Waals surface area (Å²) in [5.41, 5.74) is 1.73. The first kappa shape index (κ1) is 18.6. The minimum atomic E-state index is -0.357. The first-order chi connectivity index (χ1) is 12.2. The number of carbonyl (C=O) groups excluding carboxylic acids is 2. The van der Waals surface area contributed by atoms with Gasteiger partial charge in [0.2, 0.25) is 6.41 Å². The summed E-state index contributed by atoms with van der Waals surface area (Å²) in [4.78, 5) is 31.6. The van der Waals surface area contributed by atoms with Crippen LogP contribution >= 0.6 is 11.3 Å². The van der Waals surface area contributed by atoms with E-state index in [1.165, 1.54) is 24.0 Å². The van der Waals surface area contributed by atoms with Crippen LogP contribution in [0.1, 0.15) is 24.1 Å². The van der Waals surface area contributed by atoms with Gasteiger partial charge >= 0.3 is 0 Å². The van der Waals surface area contributed by atoms with E-state index in [1.807, 2.05) is 18.2 Å². The van der Waals surface area contributed by atoms with Crippen LogP contribution in [0.5, 0.6) is 0 Å². The summed E-state index contributed by atoms with van der Waals surface area (Å²) in [6.45, 7) is 0.540. The second kappa shape index (κ2) is 10.2. The molecule has 8 heteroatoms. The number of aromatic nitrogens is 1. The van der Waals surface area contributed by atoms with E-state index in [0.29, 0.717) is 23.8 Å². The van der Waals surface area contributed by atoms with Crippen molar-refractivity contribution in [2.45, 2.75) is 19.3 Å². The zero-order valence-corrected chi connectivity index (χ0v) is 14.7. The molecule has 1 aromatic carbocycles. The molecule has 132 valence electrons. The van der Waals surface area contributed by atoms with E-state index in [1.54, 1.807) is 5.38 Å². The molecule has 0 spiro atoms. The minimum Gasteiger partial charge on any atom is -0.398 e. The number of unbranched alkanes of at least 4 members (excludes halogenated alkanes) is 1. The molecule has 0 atom stereocenters. The molecule has 2 rings (SSSR count). The van der Waals surface area contributed by atoms with E-state index < -0.39 is 0 Å². The predicted molar refractivity (Wildman–Crippen MR) is 97.7 cm³/mol. The lowest BCUT2D eigenvalue weighted by molar-refractivity contribution is -0.115. The highest BCUT2D eigenvalue weighted by molar-refractivity contribution is 7.14. The van der Waals surface area contributed by atoms with Gasteiger partial charge in [-0.15, -0.1) is 11.3 Å². The summed E-state index contributed by atoms with van der Waals surface area (Å²) in [5.74, 6) is -0.357. The average molecular weight is 360 g/mol. The lowest BCUT2D eigenvalue weighted by Gasteiger charge is -2.06. The van der Waals surface area contributed by atoms with E-state index in [0.717, 1.165) is 19.3 Å². The fraction of sp³-hybridized carbons (Fsp3) is 0.294. The van der Waals surface area contributed by atoms with E-state index in [4.69, 9.17) is 4.84 Å². The molecule has 2 N–H and O–H groups in total. The number of rotatable bonds is 10. The maximum atomic E-state index is 12.3. The van der Waals surface area contributed by atoms with Crippen molar-refractivity contribution < 1.29 is 14.4 Å². The van der Waals surface area contributed by atoms with Crippen LogP contribution in [0.25, 0.3) is 0 Å². The Bertz CT molecular complexity index is 716. The Morgan fingerprint density at radius 2 is 2.12 bits per heavy atom. The number of nitrogens with zero attached hydrogens (tertiary/aromatic N) is 2. The largest absolute Gasteiger partial charge is 0.398 e. The predicted octanol–water partition coefficient (Wildman–Crippen LogP) is 2.20. The third-order valence-corrected chi connectivity index (χ3v) is 4.12. The van der Waals surface area contributed by atoms with Crippen molar-refractivity contribution in [2.24, 2.45) is 5.16 Å². The number of amides is 2. The fourth-order valence-electron chi connectivity index (χ4n) is 2.18. The number of anilines is 1. The van der Waals surface area contributed by atoms with Gasteiger partial charge in [-0.05, 0) is 24.8 Å². The Labute approximate surface area is 150 Å². The highest BCUT2D eigenvalue weighted by Gasteiger charge is 2.18. The van der Waals surface area contributed by atoms with Crippen LogP contribution in [-0.2, 0) is 20.8 Å². The van der Waals surface area contributed by atoms with Gasteiger partial charge in [0, 0.05) is 11.9 Å². The molecule has 1 aromatic heterocycles. The van der Waals surface area contributed by atoms with E-state index in [9.17, 15) is 9.59 Å². The molecule has 0 saturated heterocycles. The van der Waals surface area contributed by atoms with E-state index in [2.05, 4.69) is 32.9 Å². The molecule has 0 saturated carbocycles. The zero-order chi connectivity index (χ0) is 17.9. The Morgan fingerprint density at radius 1 is 1.32 bits per heavy atom. The van der Waals surface area contributed by atoms with Gasteiger partial charge < -0.3 is 15.5 Å². The van der Waals surface area contributed by atoms with Gasteiger partial charge in [0.05, 0.1) is 0 Å². The van der Waals surface area contributed by atoms with Crippen molar-refractivity contribution in [1.82, 2.24) is 10.3 Å². The quantitative estimate of drug-likeness (QED) is 0.294. The van der Waals surface area contributed by atoms with Gasteiger partial charge in [-0.25, -0.2) is 4.98 Å². The van der Waals surface area contributed by atoms with E-state index in [-0.39, 0.29) is 11.6 Å². The van der Waals surface area contributed by atoms with Crippen LogP contribution in [-0.4, -0.2) is 36.7 Å². The maximum Gasteiger partial charge on any atom is 0.275 e. The number of oxime groups is 1. The third-order valence-electron chi connectivity index (χ3n) is 3.35. The summed E-state index contributed by atoms with van der Waals surface area (Å²) in [5, 5.41) is 11.0. The Morgan fingerprint density at radius 3 is 2.84 bits per heavy atom. The second-order valence-electron chi connectivity index (χ2n) is 5.12. The molecule has 0 bridgehead atoms. The third kappa shape index (κ3) is 6.00. The molecular formula is C17H20N4O3S. The van der Waals surface area contributed by atoms with Gasteiger partial charge in [-0.1, -0.05) is 35.5 Å². The highest BCUT2D eigenvalue weighted by atomic mass is 32.1. The van der Waals surface area contributed by atoms with Gasteiger partial charge in [-0.3, -0.25) is 9.59 Å². The van der Waals surface area contributed by atoms with Crippen LogP contribution < -0.4 is 10.6 Å². The summed E-state index contributed by atoms with van der Waals surface area (Å²) in [6.07, 6.45) is 3.34. The van der Waals surface area contributed by atoms with Crippen LogP contribution in [0, 0.1) is 0 Å². The Kier molecular flexibility index (Phi) is 7.58. The molecule has 1 heterocycles. The number of thiazole rings is 1. The first-order valence-corrected chi connectivity index (χ1v) is 8.72. The lowest BCUT2D eigenvalue weighted by atomic mass is 10.1. The first-order valence-electron chi connectivity index (χ1n) is 7.84. The minimum absolute atomic E-state index is 0.0840. The molecule has 0 unspecified atom stereocenters. The van der Waals surface area contributed by atoms with Crippen molar-refractivity contribution in [3.8, 4) is 0 Å². The van der Waals surface area contributed by atoms with E-state index >= 15 is 0 Å². The number of hydrogen-bond donors (Lipinski definition) is 2. The number of nitrogens with one attached hydrogen (secondary N) is 2. The van der Waals surface area contributed by atoms with Crippen molar-refractivity contribution >= 4 is 34.5 Å². The second-order valence-corrected chi connectivity index (χ2v) is 5.98. The van der Waals surface area contributed by atoms with Crippen molar-refractivity contribution in [3.05, 3.63) is 47.0 Å². The van der Waals surface area contributed by atoms with Gasteiger partial charge in [-0.2, -0.15) is 0 Å². The lowest BCUT2D eigenvalue weighted by Crippen LogP contribution is -2.32. The summed E-state index contributed by atoms with van der Waals surface area (Å²) in [6, 6.07) is 10.2. The van der Waals surface area contributed by atoms with Crippen LogP contribution in [0.15, 0.2) is 40.9 Å². The monoisotopic (exact) mass is 360 g/mol. The summed E-state index contributed by atoms with van der Waals surface area (Å²) in [7, 11) is 1.37. The van der Waals surface area contributed by atoms with Crippen molar-refractivity contribution in [1.29, 1.82) is 0 Å². The molecular weight excluding hydrogens is 340 g/mol. The number of benzene rings is 1. The standard InChI is InChI=1S/C17H20N4O3S/c1-24-21-15(14-11-25-17(20-14)19-12-22)16(23)18-10-6-5-9-13-7-3-2-4-8-13/h2-4,7-8,11-12H,5-6,9-10H2,1H3,(H,18,23)(H,19,20,22)/b21-15+. The molecule has 2 amide bonds. The Hall–Kier alpha value is -2.74. The SMILES string of the molecule is CO/N=C(/C(=O)NCCCCc1ccccc1)c1csc(NC=O)n1. The number of aryl methyl sites for hydroxylation is 1. The van der Waals surface area contributed by atoms with Gasteiger partial charge in [0.15, 0.2) is 10.8 Å². The highest BCUT2D eigenvalue weighted by Crippen LogP contribution is 2.15. The smallest absolute Gasteiger partial charge is 0.275 e. The number of hydrogen-bond acceptors (Lipinski definition) is 6. The maximum absolute atomic E-state index is 12.3. The summed E-state index contributed by atoms with van der Waals surface area (Å²) >= 11 is 1.21. The van der Waals surface area contributed by atoms with Crippen molar-refractivity contribution in [3.63, 3.8) is 0 Å². The molecule has 0 radical (unpaired) electrons. The molecule has 0 aliphatic heterocycles.